The van der Waals surface area contributed by atoms with Gasteiger partial charge in [0, 0.05) is 23.4 Å². The molecule has 0 radical (unpaired) electrons. The number of hydrogen-bond donors (Lipinski definition) is 1. The maximum absolute atomic E-state index is 12.1. The van der Waals surface area contributed by atoms with Gasteiger partial charge in [-0.2, -0.15) is 5.10 Å². The lowest BCUT2D eigenvalue weighted by atomic mass is 10.1. The number of nitro groups is 1. The number of non-ortho nitro benzene ring substituents is 1. The van der Waals surface area contributed by atoms with E-state index in [1.165, 1.54) is 12.1 Å². The third-order valence-electron chi connectivity index (χ3n) is 3.69. The molecular weight excluding hydrogens is 356 g/mol. The summed E-state index contributed by atoms with van der Waals surface area (Å²) < 4.78 is 1.71. The number of carbonyl (C=O) groups excluding carboxylic acids is 1. The van der Waals surface area contributed by atoms with Crippen LogP contribution in [-0.4, -0.2) is 20.6 Å². The number of hydrogen-bond acceptors (Lipinski definition) is 4. The molecule has 3 aromatic rings. The highest BCUT2D eigenvalue weighted by Gasteiger charge is 2.09. The van der Waals surface area contributed by atoms with Crippen molar-refractivity contribution in [3.63, 3.8) is 0 Å². The smallest absolute Gasteiger partial charge is 0.269 e. The van der Waals surface area contributed by atoms with Gasteiger partial charge in [0.25, 0.3) is 5.69 Å². The van der Waals surface area contributed by atoms with E-state index in [0.717, 1.165) is 5.56 Å². The largest absolute Gasteiger partial charge is 0.323 e. The van der Waals surface area contributed by atoms with Gasteiger partial charge in [-0.05, 0) is 23.3 Å². The molecule has 3 rings (SSSR count). The number of amides is 1. The van der Waals surface area contributed by atoms with E-state index in [1.54, 1.807) is 29.2 Å². The van der Waals surface area contributed by atoms with E-state index in [2.05, 4.69) is 10.4 Å². The van der Waals surface area contributed by atoms with Crippen LogP contribution in [0.2, 0.25) is 5.02 Å². The van der Waals surface area contributed by atoms with Crippen molar-refractivity contribution >= 4 is 28.9 Å². The van der Waals surface area contributed by atoms with Crippen LogP contribution in [0.5, 0.6) is 0 Å². The molecule has 0 saturated heterocycles. The van der Waals surface area contributed by atoms with E-state index in [1.807, 2.05) is 24.3 Å². The third-order valence-corrected chi connectivity index (χ3v) is 3.94. The second kappa shape index (κ2) is 7.79. The topological polar surface area (TPSA) is 90.1 Å². The quantitative estimate of drug-likeness (QED) is 0.529. The highest BCUT2D eigenvalue weighted by molar-refractivity contribution is 6.30. The van der Waals surface area contributed by atoms with Crippen molar-refractivity contribution in [2.75, 3.05) is 5.32 Å². The van der Waals surface area contributed by atoms with Gasteiger partial charge in [0.15, 0.2) is 0 Å². The summed E-state index contributed by atoms with van der Waals surface area (Å²) in [6, 6.07) is 13.4. The summed E-state index contributed by atoms with van der Waals surface area (Å²) in [5, 5.41) is 18.3. The molecule has 2 aromatic carbocycles. The molecule has 1 amide bonds. The van der Waals surface area contributed by atoms with Crippen molar-refractivity contribution in [1.82, 2.24) is 9.78 Å². The Morgan fingerprint density at radius 1 is 1.12 bits per heavy atom. The summed E-state index contributed by atoms with van der Waals surface area (Å²) in [5.41, 5.74) is 2.33. The van der Waals surface area contributed by atoms with Crippen LogP contribution >= 0.6 is 11.6 Å². The molecule has 0 bridgehead atoms. The van der Waals surface area contributed by atoms with Crippen LogP contribution < -0.4 is 5.32 Å². The Labute approximate surface area is 154 Å². The SMILES string of the molecule is O=C(Cc1ccc([N+](=O)[O-])cc1)Nc1cnn(Cc2ccc(Cl)cc2)c1. The Hall–Kier alpha value is -3.19. The molecule has 26 heavy (non-hydrogen) atoms. The Kier molecular flexibility index (Phi) is 5.28. The van der Waals surface area contributed by atoms with Crippen LogP contribution in [0.15, 0.2) is 60.9 Å². The summed E-state index contributed by atoms with van der Waals surface area (Å²) >= 11 is 5.86. The molecular formula is C18H15ClN4O3. The van der Waals surface area contributed by atoms with E-state index in [-0.39, 0.29) is 18.0 Å². The molecule has 0 aliphatic carbocycles. The zero-order valence-corrected chi connectivity index (χ0v) is 14.4. The minimum Gasteiger partial charge on any atom is -0.323 e. The monoisotopic (exact) mass is 370 g/mol. The van der Waals surface area contributed by atoms with Crippen molar-refractivity contribution in [3.8, 4) is 0 Å². The molecule has 0 aliphatic rings. The van der Waals surface area contributed by atoms with Crippen LogP contribution in [0.4, 0.5) is 11.4 Å². The molecule has 0 atom stereocenters. The lowest BCUT2D eigenvalue weighted by Crippen LogP contribution is -2.14. The number of carbonyl (C=O) groups is 1. The number of nitrogens with zero attached hydrogens (tertiary/aromatic N) is 3. The van der Waals surface area contributed by atoms with E-state index in [0.29, 0.717) is 22.8 Å². The first-order valence-corrected chi connectivity index (χ1v) is 8.17. The average Bonchev–Trinajstić information content (AvgIpc) is 3.04. The minimum atomic E-state index is -0.473. The average molecular weight is 371 g/mol. The van der Waals surface area contributed by atoms with Gasteiger partial charge >= 0.3 is 0 Å². The first-order chi connectivity index (χ1) is 12.5. The van der Waals surface area contributed by atoms with Gasteiger partial charge in [0.05, 0.1) is 29.8 Å². The fourth-order valence-electron chi connectivity index (χ4n) is 2.42. The maximum atomic E-state index is 12.1. The molecule has 0 saturated carbocycles. The zero-order valence-electron chi connectivity index (χ0n) is 13.6. The van der Waals surface area contributed by atoms with Crippen molar-refractivity contribution in [3.05, 3.63) is 87.2 Å². The van der Waals surface area contributed by atoms with Gasteiger partial charge in [-0.15, -0.1) is 0 Å². The van der Waals surface area contributed by atoms with E-state index in [9.17, 15) is 14.9 Å². The normalized spacial score (nSPS) is 10.5. The van der Waals surface area contributed by atoms with Gasteiger partial charge in [-0.3, -0.25) is 19.6 Å². The maximum Gasteiger partial charge on any atom is 0.269 e. The summed E-state index contributed by atoms with van der Waals surface area (Å²) in [6.07, 6.45) is 3.44. The molecule has 1 N–H and O–H groups in total. The highest BCUT2D eigenvalue weighted by Crippen LogP contribution is 2.14. The number of benzene rings is 2. The Balaban J connectivity index is 1.57. The fraction of sp³-hybridized carbons (Fsp3) is 0.111. The van der Waals surface area contributed by atoms with Crippen LogP contribution in [-0.2, 0) is 17.8 Å². The van der Waals surface area contributed by atoms with Gasteiger partial charge in [-0.25, -0.2) is 0 Å². The lowest BCUT2D eigenvalue weighted by Gasteiger charge is -2.03. The van der Waals surface area contributed by atoms with E-state index in [4.69, 9.17) is 11.6 Å². The van der Waals surface area contributed by atoms with Gasteiger partial charge in [0.2, 0.25) is 5.91 Å². The van der Waals surface area contributed by atoms with E-state index < -0.39 is 4.92 Å². The number of nitro benzene ring substituents is 1. The number of aromatic nitrogens is 2. The molecule has 132 valence electrons. The van der Waals surface area contributed by atoms with Crippen LogP contribution in [0.25, 0.3) is 0 Å². The van der Waals surface area contributed by atoms with Crippen LogP contribution in [0.1, 0.15) is 11.1 Å². The summed E-state index contributed by atoms with van der Waals surface area (Å²) in [4.78, 5) is 22.3. The van der Waals surface area contributed by atoms with Crippen molar-refractivity contribution < 1.29 is 9.72 Å². The second-order valence-corrected chi connectivity index (χ2v) is 6.14. The summed E-state index contributed by atoms with van der Waals surface area (Å²) in [7, 11) is 0. The Morgan fingerprint density at radius 2 is 1.77 bits per heavy atom. The summed E-state index contributed by atoms with van der Waals surface area (Å²) in [6.45, 7) is 0.565. The lowest BCUT2D eigenvalue weighted by molar-refractivity contribution is -0.384. The van der Waals surface area contributed by atoms with Gasteiger partial charge in [0.1, 0.15) is 0 Å². The number of rotatable bonds is 6. The fourth-order valence-corrected chi connectivity index (χ4v) is 2.54. The molecule has 1 aromatic heterocycles. The molecule has 7 nitrogen and oxygen atoms in total. The predicted octanol–water partition coefficient (Wildman–Crippen LogP) is 3.67. The van der Waals surface area contributed by atoms with Crippen molar-refractivity contribution in [2.45, 2.75) is 13.0 Å². The molecule has 0 unspecified atom stereocenters. The number of nitrogens with one attached hydrogen (secondary N) is 1. The predicted molar refractivity (Wildman–Crippen MR) is 98.2 cm³/mol. The van der Waals surface area contributed by atoms with Crippen LogP contribution in [0, 0.1) is 10.1 Å². The molecule has 0 fully saturated rings. The molecule has 0 aliphatic heterocycles. The van der Waals surface area contributed by atoms with Crippen molar-refractivity contribution in [2.24, 2.45) is 0 Å². The van der Waals surface area contributed by atoms with E-state index >= 15 is 0 Å². The number of anilines is 1. The standard InChI is InChI=1S/C18H15ClN4O3/c19-15-5-1-14(2-6-15)11-22-12-16(10-20-22)21-18(24)9-13-3-7-17(8-4-13)23(25)26/h1-8,10,12H,9,11H2,(H,21,24). The Morgan fingerprint density at radius 3 is 2.42 bits per heavy atom. The third kappa shape index (κ3) is 4.67. The summed E-state index contributed by atoms with van der Waals surface area (Å²) in [5.74, 6) is -0.218. The first-order valence-electron chi connectivity index (χ1n) is 7.80. The highest BCUT2D eigenvalue weighted by atomic mass is 35.5. The first kappa shape index (κ1) is 17.6. The molecule has 8 heteroatoms. The van der Waals surface area contributed by atoms with Gasteiger partial charge < -0.3 is 5.32 Å². The van der Waals surface area contributed by atoms with Crippen molar-refractivity contribution in [1.29, 1.82) is 0 Å². The number of halogens is 1. The van der Waals surface area contributed by atoms with Crippen LogP contribution in [0.3, 0.4) is 0 Å². The second-order valence-electron chi connectivity index (χ2n) is 5.70. The molecule has 0 spiro atoms. The minimum absolute atomic E-state index is 0.00219. The zero-order chi connectivity index (χ0) is 18.5. The van der Waals surface area contributed by atoms with Gasteiger partial charge in [-0.1, -0.05) is 35.9 Å². The molecule has 1 heterocycles. The Bertz CT molecular complexity index is 920.